The fraction of sp³-hybridized carbons (Fsp3) is 0.381. The van der Waals surface area contributed by atoms with E-state index in [0.717, 1.165) is 25.3 Å². The van der Waals surface area contributed by atoms with Gasteiger partial charge in [0, 0.05) is 38.0 Å². The van der Waals surface area contributed by atoms with E-state index in [1.165, 1.54) is 34.6 Å². The highest BCUT2D eigenvalue weighted by Gasteiger charge is 2.27. The molecule has 0 saturated carbocycles. The third kappa shape index (κ3) is 5.00. The summed E-state index contributed by atoms with van der Waals surface area (Å²) in [7, 11) is -2.13. The maximum absolute atomic E-state index is 13.1. The number of sulfonamides is 1. The highest BCUT2D eigenvalue weighted by molar-refractivity contribution is 7.89. The number of non-ortho nitro benzene ring substituents is 1. The first-order valence-electron chi connectivity index (χ1n) is 10.3. The summed E-state index contributed by atoms with van der Waals surface area (Å²) in [6.07, 6.45) is 2.60. The van der Waals surface area contributed by atoms with Gasteiger partial charge in [-0.1, -0.05) is 6.42 Å². The molecule has 172 valence electrons. The number of piperidine rings is 1. The van der Waals surface area contributed by atoms with Gasteiger partial charge in [-0.25, -0.2) is 8.42 Å². The van der Waals surface area contributed by atoms with Gasteiger partial charge in [-0.2, -0.15) is 4.31 Å². The predicted molar refractivity (Wildman–Crippen MR) is 121 cm³/mol. The van der Waals surface area contributed by atoms with Gasteiger partial charge >= 0.3 is 0 Å². The summed E-state index contributed by atoms with van der Waals surface area (Å²) in [6.45, 7) is 2.98. The van der Waals surface area contributed by atoms with Crippen LogP contribution in [0.1, 0.15) is 36.5 Å². The number of carbonyl (C=O) groups is 1. The average molecular weight is 463 g/mol. The standard InChI is InChI=1S/C21H26N4O6S/c1-3-31-20-10-8-16(32(29,30)24-11-5-4-6-12-24)14-19(20)23-21(26)17-13-15(25(27)28)7-9-18(17)22-2/h7-10,13-14,22H,3-6,11-12H2,1-2H3,(H,23,26). The predicted octanol–water partition coefficient (Wildman–Crippen LogP) is 3.46. The number of hydrogen-bond donors (Lipinski definition) is 2. The number of rotatable bonds is 8. The van der Waals surface area contributed by atoms with Crippen LogP contribution in [-0.4, -0.2) is 50.3 Å². The molecule has 1 aliphatic rings. The Morgan fingerprint density at radius 1 is 1.12 bits per heavy atom. The molecule has 1 fully saturated rings. The largest absolute Gasteiger partial charge is 0.492 e. The summed E-state index contributed by atoms with van der Waals surface area (Å²) < 4.78 is 33.1. The maximum Gasteiger partial charge on any atom is 0.270 e. The van der Waals surface area contributed by atoms with Gasteiger partial charge in [0.25, 0.3) is 11.6 Å². The van der Waals surface area contributed by atoms with Crippen LogP contribution in [0.5, 0.6) is 5.75 Å². The lowest BCUT2D eigenvalue weighted by Crippen LogP contribution is -2.35. The summed E-state index contributed by atoms with van der Waals surface area (Å²) in [4.78, 5) is 23.6. The molecule has 0 aromatic heterocycles. The first-order valence-corrected chi connectivity index (χ1v) is 11.8. The normalized spacial score (nSPS) is 14.6. The fourth-order valence-corrected chi connectivity index (χ4v) is 5.09. The molecule has 10 nitrogen and oxygen atoms in total. The molecule has 0 radical (unpaired) electrons. The van der Waals surface area contributed by atoms with E-state index in [1.807, 2.05) is 0 Å². The topological polar surface area (TPSA) is 131 Å². The van der Waals surface area contributed by atoms with Crippen LogP contribution in [0.2, 0.25) is 0 Å². The van der Waals surface area contributed by atoms with Crippen molar-refractivity contribution in [2.45, 2.75) is 31.1 Å². The number of ether oxygens (including phenoxy) is 1. The van der Waals surface area contributed by atoms with Crippen LogP contribution in [-0.2, 0) is 10.0 Å². The van der Waals surface area contributed by atoms with E-state index in [2.05, 4.69) is 10.6 Å². The van der Waals surface area contributed by atoms with E-state index < -0.39 is 20.9 Å². The van der Waals surface area contributed by atoms with Crippen LogP contribution in [0.15, 0.2) is 41.3 Å². The van der Waals surface area contributed by atoms with Crippen LogP contribution in [0, 0.1) is 10.1 Å². The number of nitro groups is 1. The number of nitrogens with one attached hydrogen (secondary N) is 2. The maximum atomic E-state index is 13.1. The number of benzene rings is 2. The van der Waals surface area contributed by atoms with Gasteiger partial charge < -0.3 is 15.4 Å². The van der Waals surface area contributed by atoms with Crippen LogP contribution in [0.25, 0.3) is 0 Å². The molecule has 2 aromatic rings. The molecule has 2 aromatic carbocycles. The molecule has 11 heteroatoms. The Bertz CT molecular complexity index is 1110. The monoisotopic (exact) mass is 462 g/mol. The average Bonchev–Trinajstić information content (AvgIpc) is 2.80. The first-order chi connectivity index (χ1) is 15.3. The Labute approximate surface area is 186 Å². The molecule has 32 heavy (non-hydrogen) atoms. The molecule has 0 unspecified atom stereocenters. The molecule has 0 spiro atoms. The Balaban J connectivity index is 1.98. The van der Waals surface area contributed by atoms with Gasteiger partial charge in [-0.15, -0.1) is 0 Å². The highest BCUT2D eigenvalue weighted by atomic mass is 32.2. The van der Waals surface area contributed by atoms with Gasteiger partial charge in [0.2, 0.25) is 10.0 Å². The van der Waals surface area contributed by atoms with Crippen LogP contribution < -0.4 is 15.4 Å². The zero-order valence-electron chi connectivity index (χ0n) is 18.0. The van der Waals surface area contributed by atoms with Crippen molar-refractivity contribution >= 4 is 33.0 Å². The van der Waals surface area contributed by atoms with Crippen molar-refractivity contribution in [1.82, 2.24) is 4.31 Å². The molecule has 1 saturated heterocycles. The second-order valence-corrected chi connectivity index (χ2v) is 9.18. The molecule has 0 atom stereocenters. The van der Waals surface area contributed by atoms with E-state index in [4.69, 9.17) is 4.74 Å². The Hall–Kier alpha value is -3.18. The van der Waals surface area contributed by atoms with E-state index in [9.17, 15) is 23.3 Å². The second kappa shape index (κ2) is 9.96. The number of amides is 1. The number of anilines is 2. The molecule has 0 aliphatic carbocycles. The van der Waals surface area contributed by atoms with Crippen molar-refractivity contribution in [3.63, 3.8) is 0 Å². The van der Waals surface area contributed by atoms with Crippen molar-refractivity contribution in [3.05, 3.63) is 52.1 Å². The van der Waals surface area contributed by atoms with E-state index in [0.29, 0.717) is 31.1 Å². The molecule has 3 rings (SSSR count). The van der Waals surface area contributed by atoms with E-state index in [1.54, 1.807) is 14.0 Å². The molecule has 1 heterocycles. The smallest absolute Gasteiger partial charge is 0.270 e. The summed E-state index contributed by atoms with van der Waals surface area (Å²) >= 11 is 0. The van der Waals surface area contributed by atoms with E-state index in [-0.39, 0.29) is 21.8 Å². The minimum absolute atomic E-state index is 0.0473. The van der Waals surface area contributed by atoms with Crippen molar-refractivity contribution in [2.75, 3.05) is 37.4 Å². The third-order valence-electron chi connectivity index (χ3n) is 5.18. The summed E-state index contributed by atoms with van der Waals surface area (Å²) in [5.74, 6) is -0.332. The van der Waals surface area contributed by atoms with Gasteiger partial charge in [0.05, 0.1) is 27.7 Å². The van der Waals surface area contributed by atoms with Gasteiger partial charge in [-0.3, -0.25) is 14.9 Å². The highest BCUT2D eigenvalue weighted by Crippen LogP contribution is 2.31. The minimum atomic E-state index is -3.72. The Kier molecular flexibility index (Phi) is 7.31. The second-order valence-electron chi connectivity index (χ2n) is 7.25. The van der Waals surface area contributed by atoms with Crippen molar-refractivity contribution in [3.8, 4) is 5.75 Å². The zero-order valence-corrected chi connectivity index (χ0v) is 18.8. The first kappa shape index (κ1) is 23.5. The minimum Gasteiger partial charge on any atom is -0.492 e. The number of hydrogen-bond acceptors (Lipinski definition) is 7. The molecular formula is C21H26N4O6S. The van der Waals surface area contributed by atoms with Crippen LogP contribution in [0.4, 0.5) is 17.1 Å². The Morgan fingerprint density at radius 3 is 2.47 bits per heavy atom. The quantitative estimate of drug-likeness (QED) is 0.454. The lowest BCUT2D eigenvalue weighted by molar-refractivity contribution is -0.384. The van der Waals surface area contributed by atoms with Crippen LogP contribution >= 0.6 is 0 Å². The van der Waals surface area contributed by atoms with Crippen molar-refractivity contribution < 1.29 is 22.9 Å². The number of nitro benzene ring substituents is 1. The number of nitrogens with zero attached hydrogens (tertiary/aromatic N) is 2. The van der Waals surface area contributed by atoms with Gasteiger partial charge in [0.1, 0.15) is 5.75 Å². The number of carbonyl (C=O) groups excluding carboxylic acids is 1. The summed E-state index contributed by atoms with van der Waals surface area (Å²) in [6, 6.07) is 8.21. The molecule has 1 amide bonds. The molecule has 1 aliphatic heterocycles. The third-order valence-corrected chi connectivity index (χ3v) is 7.07. The molecular weight excluding hydrogens is 436 g/mol. The fourth-order valence-electron chi connectivity index (χ4n) is 3.54. The molecule has 2 N–H and O–H groups in total. The van der Waals surface area contributed by atoms with Crippen LogP contribution in [0.3, 0.4) is 0 Å². The lowest BCUT2D eigenvalue weighted by Gasteiger charge is -2.26. The summed E-state index contributed by atoms with van der Waals surface area (Å²) in [5, 5.41) is 16.6. The Morgan fingerprint density at radius 2 is 1.84 bits per heavy atom. The lowest BCUT2D eigenvalue weighted by atomic mass is 10.1. The van der Waals surface area contributed by atoms with Crippen molar-refractivity contribution in [2.24, 2.45) is 0 Å². The van der Waals surface area contributed by atoms with Gasteiger partial charge in [0.15, 0.2) is 0 Å². The van der Waals surface area contributed by atoms with E-state index >= 15 is 0 Å². The van der Waals surface area contributed by atoms with Crippen molar-refractivity contribution in [1.29, 1.82) is 0 Å². The van der Waals surface area contributed by atoms with Gasteiger partial charge in [-0.05, 0) is 44.0 Å². The SMILES string of the molecule is CCOc1ccc(S(=O)(=O)N2CCCCC2)cc1NC(=O)c1cc([N+](=O)[O-])ccc1NC. The molecule has 0 bridgehead atoms. The summed E-state index contributed by atoms with van der Waals surface area (Å²) in [5.41, 5.74) is 0.376. The zero-order chi connectivity index (χ0) is 23.3.